The monoisotopic (exact) mass is 421 g/mol. The van der Waals surface area contributed by atoms with Gasteiger partial charge < -0.3 is 4.57 Å². The lowest BCUT2D eigenvalue weighted by Gasteiger charge is -2.31. The number of pyridine rings is 1. The lowest BCUT2D eigenvalue weighted by Crippen LogP contribution is -2.32. The molecule has 0 N–H and O–H groups in total. The maximum atomic E-state index is 5.12. The molecular weight excluding hydrogens is 394 g/mol. The maximum absolute atomic E-state index is 5.12. The highest BCUT2D eigenvalue weighted by Gasteiger charge is 2.25. The summed E-state index contributed by atoms with van der Waals surface area (Å²) in [5.41, 5.74) is 5.28. The molecule has 5 heterocycles. The van der Waals surface area contributed by atoms with Gasteiger partial charge in [0.1, 0.15) is 16.2 Å². The summed E-state index contributed by atoms with van der Waals surface area (Å²) in [6.45, 7) is 7.51. The van der Waals surface area contributed by atoms with Gasteiger partial charge in [-0.3, -0.25) is 9.58 Å². The second kappa shape index (κ2) is 7.92. The van der Waals surface area contributed by atoms with Crippen LogP contribution in [0.2, 0.25) is 0 Å². The van der Waals surface area contributed by atoms with Gasteiger partial charge in [-0.15, -0.1) is 11.3 Å². The number of fused-ring (bicyclic) bond motifs is 1. The Morgan fingerprint density at radius 1 is 1.20 bits per heavy atom. The van der Waals surface area contributed by atoms with Crippen molar-refractivity contribution in [3.63, 3.8) is 0 Å². The van der Waals surface area contributed by atoms with Crippen molar-refractivity contribution in [3.8, 4) is 11.3 Å². The summed E-state index contributed by atoms with van der Waals surface area (Å²) >= 11 is 1.74. The molecule has 7 nitrogen and oxygen atoms in total. The van der Waals surface area contributed by atoms with Gasteiger partial charge in [0.25, 0.3) is 0 Å². The molecule has 30 heavy (non-hydrogen) atoms. The van der Waals surface area contributed by atoms with Crippen LogP contribution in [0.1, 0.15) is 49.4 Å². The van der Waals surface area contributed by atoms with Gasteiger partial charge in [-0.1, -0.05) is 0 Å². The summed E-state index contributed by atoms with van der Waals surface area (Å²) < 4.78 is 4.07. The van der Waals surface area contributed by atoms with E-state index in [4.69, 9.17) is 9.97 Å². The molecule has 5 rings (SSSR count). The van der Waals surface area contributed by atoms with E-state index in [9.17, 15) is 0 Å². The molecular formula is C22H27N7S. The first-order valence-corrected chi connectivity index (χ1v) is 11.4. The van der Waals surface area contributed by atoms with Crippen molar-refractivity contribution in [2.45, 2.75) is 45.2 Å². The van der Waals surface area contributed by atoms with E-state index in [1.54, 1.807) is 11.3 Å². The van der Waals surface area contributed by atoms with Crippen molar-refractivity contribution in [1.82, 2.24) is 34.2 Å². The molecule has 156 valence electrons. The molecule has 0 atom stereocenters. The molecule has 4 aromatic rings. The Balaban J connectivity index is 1.46. The van der Waals surface area contributed by atoms with Gasteiger partial charge in [0, 0.05) is 48.0 Å². The zero-order valence-electron chi connectivity index (χ0n) is 17.7. The number of hydrogen-bond acceptors (Lipinski definition) is 6. The average Bonchev–Trinajstić information content (AvgIpc) is 3.48. The molecule has 0 unspecified atom stereocenters. The second-order valence-electron chi connectivity index (χ2n) is 8.39. The van der Waals surface area contributed by atoms with Gasteiger partial charge in [0.15, 0.2) is 0 Å². The van der Waals surface area contributed by atoms with Crippen LogP contribution in [0.25, 0.3) is 22.3 Å². The quantitative estimate of drug-likeness (QED) is 0.482. The minimum atomic E-state index is 0.354. The second-order valence-corrected chi connectivity index (χ2v) is 9.37. The highest BCUT2D eigenvalue weighted by molar-refractivity contribution is 7.09. The topological polar surface area (TPSA) is 64.7 Å². The summed E-state index contributed by atoms with van der Waals surface area (Å²) in [6.07, 6.45) is 9.98. The largest absolute Gasteiger partial charge is 0.328 e. The highest BCUT2D eigenvalue weighted by atomic mass is 32.1. The van der Waals surface area contributed by atoms with Crippen molar-refractivity contribution in [3.05, 3.63) is 47.1 Å². The van der Waals surface area contributed by atoms with Crippen molar-refractivity contribution >= 4 is 22.4 Å². The predicted molar refractivity (Wildman–Crippen MR) is 119 cm³/mol. The van der Waals surface area contributed by atoms with Crippen LogP contribution in [0, 0.1) is 0 Å². The Kier molecular flexibility index (Phi) is 5.12. The summed E-state index contributed by atoms with van der Waals surface area (Å²) in [5.74, 6) is 0.466. The molecule has 1 fully saturated rings. The van der Waals surface area contributed by atoms with Crippen LogP contribution in [0.4, 0.5) is 0 Å². The standard InChI is InChI=1S/C22H27N7S/c1-15(2)29-14-24-22-19(29)10-18(26-21(22)17-11-25-27(3)12-17)16-4-7-28(8-5-16)13-20-23-6-9-30-20/h6,9-12,14-16H,4-5,7-8,13H2,1-3H3. The number of thiazole rings is 1. The van der Waals surface area contributed by atoms with Crippen LogP contribution >= 0.6 is 11.3 Å². The van der Waals surface area contributed by atoms with Crippen molar-refractivity contribution in [2.24, 2.45) is 7.05 Å². The third-order valence-electron chi connectivity index (χ3n) is 5.96. The van der Waals surface area contributed by atoms with Crippen LogP contribution < -0.4 is 0 Å². The number of piperidine rings is 1. The Bertz CT molecular complexity index is 1130. The maximum Gasteiger partial charge on any atom is 0.115 e. The molecule has 0 spiro atoms. The van der Waals surface area contributed by atoms with Gasteiger partial charge in [0.05, 0.1) is 24.6 Å². The first-order chi connectivity index (χ1) is 14.6. The molecule has 0 aliphatic carbocycles. The van der Waals surface area contributed by atoms with E-state index in [1.165, 1.54) is 16.2 Å². The molecule has 8 heteroatoms. The van der Waals surface area contributed by atoms with Gasteiger partial charge in [-0.25, -0.2) is 15.0 Å². The fraction of sp³-hybridized carbons (Fsp3) is 0.455. The molecule has 4 aromatic heterocycles. The van der Waals surface area contributed by atoms with Crippen LogP contribution in [0.15, 0.2) is 36.4 Å². The Morgan fingerprint density at radius 3 is 2.70 bits per heavy atom. The molecule has 1 aliphatic rings. The van der Waals surface area contributed by atoms with Gasteiger partial charge >= 0.3 is 0 Å². The van der Waals surface area contributed by atoms with E-state index < -0.39 is 0 Å². The predicted octanol–water partition coefficient (Wildman–Crippen LogP) is 4.25. The molecule has 1 aliphatic heterocycles. The summed E-state index contributed by atoms with van der Waals surface area (Å²) in [6, 6.07) is 2.62. The molecule has 0 aromatic carbocycles. The Labute approximate surface area is 180 Å². The third kappa shape index (κ3) is 3.65. The SMILES string of the molecule is CC(C)n1cnc2c(-c3cnn(C)c3)nc(C3CCN(Cc4nccs4)CC3)cc21. The van der Waals surface area contributed by atoms with E-state index in [-0.39, 0.29) is 0 Å². The van der Waals surface area contributed by atoms with E-state index in [2.05, 4.69) is 44.8 Å². The zero-order valence-corrected chi connectivity index (χ0v) is 18.5. The lowest BCUT2D eigenvalue weighted by molar-refractivity contribution is 0.203. The van der Waals surface area contributed by atoms with Gasteiger partial charge in [-0.05, 0) is 45.8 Å². The smallest absolute Gasteiger partial charge is 0.115 e. The van der Waals surface area contributed by atoms with Crippen molar-refractivity contribution in [1.29, 1.82) is 0 Å². The molecule has 1 saturated heterocycles. The van der Waals surface area contributed by atoms with Crippen LogP contribution in [0.3, 0.4) is 0 Å². The van der Waals surface area contributed by atoms with E-state index in [0.717, 1.165) is 49.2 Å². The Morgan fingerprint density at radius 2 is 2.03 bits per heavy atom. The first kappa shape index (κ1) is 19.4. The Hall–Kier alpha value is -2.58. The van der Waals surface area contributed by atoms with Crippen LogP contribution in [-0.2, 0) is 13.6 Å². The first-order valence-electron chi connectivity index (χ1n) is 10.6. The number of imidazole rings is 1. The minimum Gasteiger partial charge on any atom is -0.328 e. The van der Waals surface area contributed by atoms with E-state index in [1.807, 2.05) is 36.6 Å². The highest BCUT2D eigenvalue weighted by Crippen LogP contribution is 2.34. The number of hydrogen-bond donors (Lipinski definition) is 0. The van der Waals surface area contributed by atoms with Crippen molar-refractivity contribution < 1.29 is 0 Å². The number of nitrogens with zero attached hydrogens (tertiary/aromatic N) is 7. The van der Waals surface area contributed by atoms with E-state index >= 15 is 0 Å². The minimum absolute atomic E-state index is 0.354. The number of aryl methyl sites for hydroxylation is 1. The van der Waals surface area contributed by atoms with Crippen LogP contribution in [-0.4, -0.2) is 47.3 Å². The lowest BCUT2D eigenvalue weighted by atomic mass is 9.92. The molecule has 0 saturated carbocycles. The van der Waals surface area contributed by atoms with Gasteiger partial charge in [-0.2, -0.15) is 5.10 Å². The number of aromatic nitrogens is 6. The summed E-state index contributed by atoms with van der Waals surface area (Å²) in [5, 5.41) is 7.62. The number of likely N-dealkylation sites (tertiary alicyclic amines) is 1. The average molecular weight is 422 g/mol. The van der Waals surface area contributed by atoms with Crippen LogP contribution in [0.5, 0.6) is 0 Å². The van der Waals surface area contributed by atoms with E-state index in [0.29, 0.717) is 12.0 Å². The molecule has 0 amide bonds. The molecule has 0 bridgehead atoms. The normalized spacial score (nSPS) is 16.1. The van der Waals surface area contributed by atoms with Crippen molar-refractivity contribution in [2.75, 3.05) is 13.1 Å². The zero-order chi connectivity index (χ0) is 20.7. The summed E-state index contributed by atoms with van der Waals surface area (Å²) in [4.78, 5) is 16.8. The number of rotatable bonds is 5. The third-order valence-corrected chi connectivity index (χ3v) is 6.73. The molecule has 0 radical (unpaired) electrons. The van der Waals surface area contributed by atoms with Gasteiger partial charge in [0.2, 0.25) is 0 Å². The summed E-state index contributed by atoms with van der Waals surface area (Å²) in [7, 11) is 1.94. The fourth-order valence-corrected chi connectivity index (χ4v) is 4.98. The fourth-order valence-electron chi connectivity index (χ4n) is 4.32.